The minimum Gasteiger partial charge on any atom is -0.381 e. The number of anilines is 3. The van der Waals surface area contributed by atoms with Crippen molar-refractivity contribution in [2.24, 2.45) is 0 Å². The van der Waals surface area contributed by atoms with Gasteiger partial charge in [0.05, 0.1) is 5.69 Å². The number of hydrogen-bond donors (Lipinski definition) is 2. The Labute approximate surface area is 182 Å². The first-order valence-electron chi connectivity index (χ1n) is 11.4. The number of amides is 1. The summed E-state index contributed by atoms with van der Waals surface area (Å²) in [5.41, 5.74) is 3.41. The lowest BCUT2D eigenvalue weighted by atomic mass is 9.97. The first-order valence-corrected chi connectivity index (χ1v) is 11.4. The van der Waals surface area contributed by atoms with E-state index in [-0.39, 0.29) is 11.9 Å². The standard InChI is InChI=1S/C22H31N7O2/c1-28(2)21(30)18-7-4-10-29(18)22-23-16-6-3-5-15(16)20(25-22)24-19-13-17(26-27-19)14-8-11-31-12-9-14/h13-14,18H,3-12H2,1-2H3,(H2,23,24,25,26,27)/t18-/m0/s1. The molecule has 0 saturated carbocycles. The molecule has 166 valence electrons. The topological polar surface area (TPSA) is 99.3 Å². The number of rotatable bonds is 5. The number of aryl methyl sites for hydroxylation is 1. The number of carbonyl (C=O) groups excluding carboxylic acids is 1. The Balaban J connectivity index is 1.41. The molecule has 2 aromatic rings. The summed E-state index contributed by atoms with van der Waals surface area (Å²) in [7, 11) is 3.62. The van der Waals surface area contributed by atoms with Crippen molar-refractivity contribution in [3.05, 3.63) is 23.0 Å². The van der Waals surface area contributed by atoms with Crippen LogP contribution in [0.2, 0.25) is 0 Å². The number of nitrogens with one attached hydrogen (secondary N) is 2. The molecule has 2 saturated heterocycles. The van der Waals surface area contributed by atoms with Gasteiger partial charge in [0.1, 0.15) is 11.9 Å². The average Bonchev–Trinajstić information content (AvgIpc) is 3.53. The molecule has 4 heterocycles. The van der Waals surface area contributed by atoms with Crippen molar-refractivity contribution in [1.29, 1.82) is 0 Å². The number of carbonyl (C=O) groups is 1. The SMILES string of the molecule is CN(C)C(=O)[C@@H]1CCCN1c1nc2c(c(Nc3cc(C4CCOCC4)[nH]n3)n1)CCC2. The highest BCUT2D eigenvalue weighted by Gasteiger charge is 2.34. The molecule has 9 nitrogen and oxygen atoms in total. The Kier molecular flexibility index (Phi) is 5.52. The molecule has 0 spiro atoms. The summed E-state index contributed by atoms with van der Waals surface area (Å²) in [6, 6.07) is 1.90. The number of aromatic amines is 1. The van der Waals surface area contributed by atoms with Gasteiger partial charge < -0.3 is 19.9 Å². The molecule has 1 atom stereocenters. The molecule has 0 bridgehead atoms. The Hall–Kier alpha value is -2.68. The second-order valence-electron chi connectivity index (χ2n) is 8.96. The fraction of sp³-hybridized carbons (Fsp3) is 0.636. The summed E-state index contributed by atoms with van der Waals surface area (Å²) in [6.45, 7) is 2.41. The van der Waals surface area contributed by atoms with E-state index in [0.29, 0.717) is 11.9 Å². The van der Waals surface area contributed by atoms with Gasteiger partial charge in [0.2, 0.25) is 11.9 Å². The molecular formula is C22H31N7O2. The Morgan fingerprint density at radius 2 is 2.03 bits per heavy atom. The zero-order valence-corrected chi connectivity index (χ0v) is 18.4. The molecule has 9 heteroatoms. The van der Waals surface area contributed by atoms with E-state index in [1.807, 2.05) is 14.1 Å². The first kappa shape index (κ1) is 20.2. The third kappa shape index (κ3) is 3.98. The van der Waals surface area contributed by atoms with E-state index in [0.717, 1.165) is 87.7 Å². The van der Waals surface area contributed by atoms with Crippen molar-refractivity contribution in [1.82, 2.24) is 25.1 Å². The number of ether oxygens (including phenoxy) is 1. The van der Waals surface area contributed by atoms with Crippen molar-refractivity contribution in [3.63, 3.8) is 0 Å². The fourth-order valence-corrected chi connectivity index (χ4v) is 4.95. The van der Waals surface area contributed by atoms with E-state index in [1.165, 1.54) is 5.56 Å². The minimum atomic E-state index is -0.187. The van der Waals surface area contributed by atoms with Crippen LogP contribution < -0.4 is 10.2 Å². The monoisotopic (exact) mass is 425 g/mol. The summed E-state index contributed by atoms with van der Waals surface area (Å²) in [4.78, 5) is 26.2. The number of aromatic nitrogens is 4. The number of hydrogen-bond acceptors (Lipinski definition) is 7. The molecular weight excluding hydrogens is 394 g/mol. The van der Waals surface area contributed by atoms with Crippen molar-refractivity contribution in [3.8, 4) is 0 Å². The van der Waals surface area contributed by atoms with Gasteiger partial charge in [-0.15, -0.1) is 0 Å². The van der Waals surface area contributed by atoms with Gasteiger partial charge in [0.25, 0.3) is 0 Å². The molecule has 0 unspecified atom stereocenters. The Bertz CT molecular complexity index is 951. The molecule has 31 heavy (non-hydrogen) atoms. The van der Waals surface area contributed by atoms with Crippen LogP contribution in [0.5, 0.6) is 0 Å². The van der Waals surface area contributed by atoms with Crippen LogP contribution in [0.3, 0.4) is 0 Å². The minimum absolute atomic E-state index is 0.115. The molecule has 5 rings (SSSR count). The van der Waals surface area contributed by atoms with Crippen LogP contribution in [-0.2, 0) is 22.4 Å². The zero-order chi connectivity index (χ0) is 21.4. The maximum atomic E-state index is 12.7. The van der Waals surface area contributed by atoms with Crippen LogP contribution in [0, 0.1) is 0 Å². The van der Waals surface area contributed by atoms with Gasteiger partial charge in [-0.25, -0.2) is 4.98 Å². The van der Waals surface area contributed by atoms with Crippen molar-refractivity contribution >= 4 is 23.5 Å². The highest BCUT2D eigenvalue weighted by molar-refractivity contribution is 5.85. The summed E-state index contributed by atoms with van der Waals surface area (Å²) in [5.74, 6) is 2.84. The second-order valence-corrected chi connectivity index (χ2v) is 8.96. The third-order valence-electron chi connectivity index (χ3n) is 6.66. The summed E-state index contributed by atoms with van der Waals surface area (Å²) < 4.78 is 5.48. The molecule has 1 amide bonds. The van der Waals surface area contributed by atoms with Gasteiger partial charge in [-0.2, -0.15) is 10.1 Å². The second kappa shape index (κ2) is 8.45. The summed E-state index contributed by atoms with van der Waals surface area (Å²) >= 11 is 0. The van der Waals surface area contributed by atoms with Crippen molar-refractivity contribution in [2.45, 2.75) is 56.9 Å². The quantitative estimate of drug-likeness (QED) is 0.759. The smallest absolute Gasteiger partial charge is 0.244 e. The molecule has 2 aliphatic heterocycles. The fourth-order valence-electron chi connectivity index (χ4n) is 4.95. The molecule has 3 aliphatic rings. The van der Waals surface area contributed by atoms with E-state index in [4.69, 9.17) is 14.7 Å². The average molecular weight is 426 g/mol. The van der Waals surface area contributed by atoms with E-state index in [2.05, 4.69) is 26.5 Å². The van der Waals surface area contributed by atoms with Crippen LogP contribution in [0.25, 0.3) is 0 Å². The first-order chi connectivity index (χ1) is 15.1. The maximum absolute atomic E-state index is 12.7. The lowest BCUT2D eigenvalue weighted by molar-refractivity contribution is -0.129. The predicted molar refractivity (Wildman–Crippen MR) is 118 cm³/mol. The van der Waals surface area contributed by atoms with Gasteiger partial charge in [-0.3, -0.25) is 9.89 Å². The van der Waals surface area contributed by atoms with Crippen LogP contribution >= 0.6 is 0 Å². The van der Waals surface area contributed by atoms with Crippen LogP contribution in [0.15, 0.2) is 6.07 Å². The summed E-state index contributed by atoms with van der Waals surface area (Å²) in [6.07, 6.45) is 6.85. The van der Waals surface area contributed by atoms with E-state index < -0.39 is 0 Å². The van der Waals surface area contributed by atoms with Crippen LogP contribution in [0.1, 0.15) is 55.0 Å². The Morgan fingerprint density at radius 3 is 2.84 bits per heavy atom. The zero-order valence-electron chi connectivity index (χ0n) is 18.4. The normalized spacial score (nSPS) is 21.4. The van der Waals surface area contributed by atoms with Crippen LogP contribution in [-0.4, -0.2) is 70.9 Å². The molecule has 2 fully saturated rings. The third-order valence-corrected chi connectivity index (χ3v) is 6.66. The molecule has 0 aromatic carbocycles. The molecule has 2 N–H and O–H groups in total. The summed E-state index contributed by atoms with van der Waals surface area (Å²) in [5, 5.41) is 11.1. The highest BCUT2D eigenvalue weighted by atomic mass is 16.5. The molecule has 2 aromatic heterocycles. The lowest BCUT2D eigenvalue weighted by Gasteiger charge is -2.27. The van der Waals surface area contributed by atoms with Gasteiger partial charge in [-0.05, 0) is 44.9 Å². The predicted octanol–water partition coefficient (Wildman–Crippen LogP) is 2.38. The van der Waals surface area contributed by atoms with E-state index in [1.54, 1.807) is 4.90 Å². The number of likely N-dealkylation sites (N-methyl/N-ethyl adjacent to an activating group) is 1. The molecule has 0 radical (unpaired) electrons. The number of nitrogens with zero attached hydrogens (tertiary/aromatic N) is 5. The Morgan fingerprint density at radius 1 is 1.19 bits per heavy atom. The highest BCUT2D eigenvalue weighted by Crippen LogP contribution is 2.33. The van der Waals surface area contributed by atoms with E-state index >= 15 is 0 Å². The number of fused-ring (bicyclic) bond motifs is 1. The van der Waals surface area contributed by atoms with Gasteiger partial charge in [0, 0.05) is 57.1 Å². The lowest BCUT2D eigenvalue weighted by Crippen LogP contribution is -2.43. The van der Waals surface area contributed by atoms with Crippen molar-refractivity contribution in [2.75, 3.05) is 44.1 Å². The maximum Gasteiger partial charge on any atom is 0.244 e. The van der Waals surface area contributed by atoms with Crippen LogP contribution in [0.4, 0.5) is 17.6 Å². The number of H-pyrrole nitrogens is 1. The van der Waals surface area contributed by atoms with E-state index in [9.17, 15) is 4.79 Å². The molecule has 1 aliphatic carbocycles. The van der Waals surface area contributed by atoms with Gasteiger partial charge >= 0.3 is 0 Å². The largest absolute Gasteiger partial charge is 0.381 e. The van der Waals surface area contributed by atoms with Gasteiger partial charge in [0.15, 0.2) is 5.82 Å². The van der Waals surface area contributed by atoms with Gasteiger partial charge in [-0.1, -0.05) is 0 Å². The van der Waals surface area contributed by atoms with Crippen molar-refractivity contribution < 1.29 is 9.53 Å².